The molecule has 0 aliphatic rings. The van der Waals surface area contributed by atoms with Gasteiger partial charge in [0.25, 0.3) is 0 Å². The number of sulfone groups is 2. The van der Waals surface area contributed by atoms with Crippen molar-refractivity contribution in [2.24, 2.45) is 0 Å². The van der Waals surface area contributed by atoms with Gasteiger partial charge in [-0.1, -0.05) is 7.43 Å². The molecule has 2 heterocycles. The van der Waals surface area contributed by atoms with Crippen LogP contribution in [0, 0.1) is 6.92 Å². The number of alkyl halides is 3. The molecule has 0 bridgehead atoms. The summed E-state index contributed by atoms with van der Waals surface area (Å²) in [6.45, 7) is 3.53. The van der Waals surface area contributed by atoms with Crippen molar-refractivity contribution in [1.29, 1.82) is 0 Å². The first-order valence-electron chi connectivity index (χ1n) is 9.02. The third-order valence-electron chi connectivity index (χ3n) is 3.64. The second-order valence-corrected chi connectivity index (χ2v) is 26.8. The van der Waals surface area contributed by atoms with Crippen molar-refractivity contribution >= 4 is 68.8 Å². The second-order valence-electron chi connectivity index (χ2n) is 6.55. The number of aryl methyl sites for hydroxylation is 1. The van der Waals surface area contributed by atoms with E-state index in [1.165, 1.54) is 12.3 Å². The zero-order valence-corrected chi connectivity index (χ0v) is 26.9. The number of aromatic nitrogens is 2. The standard InChI is InChI=1S/C10H13NO4S.C8H6F3NO4S.CH4.I3/c1-4-15-10(12)9-8(16(3,13)14)5-7(2)6-11-9;1-17(15,16)5-2-4(8(9,10)11)3-12-6(5)7(13)14;;1-3-2/h5-6H,4H2,1-3H3;2-3H,1H3,(H,13,14);1H4;/q;;;-1. The Kier molecular flexibility index (Phi) is 16.8. The average molecular weight is 909 g/mol. The zero-order valence-electron chi connectivity index (χ0n) is 18.8. The fraction of sp³-hybridized carbons (Fsp3) is 0.368. The van der Waals surface area contributed by atoms with Gasteiger partial charge in [0.1, 0.15) is 4.90 Å². The molecular weight excluding hydrogens is 886 g/mol. The molecule has 0 spiro atoms. The molecule has 0 aromatic carbocycles. The van der Waals surface area contributed by atoms with Gasteiger partial charge in [0.2, 0.25) is 0 Å². The Morgan fingerprint density at radius 2 is 1.43 bits per heavy atom. The Balaban J connectivity index is 0. The Labute approximate surface area is 242 Å². The molecule has 0 unspecified atom stereocenters. The van der Waals surface area contributed by atoms with E-state index in [2.05, 4.69) is 47.2 Å². The van der Waals surface area contributed by atoms with Gasteiger partial charge in [-0.3, -0.25) is 0 Å². The number of ether oxygens (including phenoxy) is 1. The van der Waals surface area contributed by atoms with Crippen LogP contribution in [0.1, 0.15) is 46.5 Å². The summed E-state index contributed by atoms with van der Waals surface area (Å²) in [6.07, 6.45) is -1.44. The fourth-order valence-electron chi connectivity index (χ4n) is 2.22. The third-order valence-corrected chi connectivity index (χ3v) is 5.86. The first kappa shape index (κ1) is 38.3. The summed E-state index contributed by atoms with van der Waals surface area (Å²) < 4.78 is 86.9. The number of nitrogens with zero attached hydrogens (tertiary/aromatic N) is 2. The first-order valence-corrected chi connectivity index (χ1v) is 25.4. The molecule has 0 aliphatic carbocycles. The first-order chi connectivity index (χ1) is 16.3. The van der Waals surface area contributed by atoms with E-state index in [1.54, 1.807) is 13.8 Å². The van der Waals surface area contributed by atoms with Gasteiger partial charge in [-0.15, -0.1) is 0 Å². The summed E-state index contributed by atoms with van der Waals surface area (Å²) in [5.41, 5.74) is -1.73. The summed E-state index contributed by atoms with van der Waals surface area (Å²) in [5.74, 6) is -2.43. The number of aromatic carboxylic acids is 1. The Bertz CT molecular complexity index is 1310. The van der Waals surface area contributed by atoms with E-state index in [9.17, 15) is 39.6 Å². The number of carboxylic acid groups (broad SMARTS) is 1. The minimum atomic E-state index is -4.79. The Morgan fingerprint density at radius 1 is 1.00 bits per heavy atom. The molecule has 2 aromatic rings. The van der Waals surface area contributed by atoms with Gasteiger partial charge < -0.3 is 9.84 Å². The molecule has 2 rings (SSSR count). The van der Waals surface area contributed by atoms with Crippen LogP contribution in [0.25, 0.3) is 0 Å². The topological polar surface area (TPSA) is 158 Å². The number of hydrogen-bond acceptors (Lipinski definition) is 9. The molecule has 0 saturated carbocycles. The van der Waals surface area contributed by atoms with Crippen molar-refractivity contribution in [2.45, 2.75) is 37.2 Å². The SMILES string of the molecule is C.CCOC(=O)c1ncc(C)cc1S(C)(=O)=O.CS(=O)(=O)c1cc(C(F)(F)F)cnc1C(=O)O.I[I-]I. The number of carbonyl (C=O) groups excluding carboxylic acids is 1. The predicted octanol–water partition coefficient (Wildman–Crippen LogP) is 1.58. The number of pyridine rings is 2. The quantitative estimate of drug-likeness (QED) is 0.346. The molecule has 0 atom stereocenters. The molecule has 0 amide bonds. The molecular formula is C19H23F3I3N2O8S2-. The average Bonchev–Trinajstić information content (AvgIpc) is 2.72. The van der Waals surface area contributed by atoms with Gasteiger partial charge in [0.05, 0.1) is 17.1 Å². The van der Waals surface area contributed by atoms with Crippen molar-refractivity contribution in [3.8, 4) is 0 Å². The number of esters is 1. The predicted molar refractivity (Wildman–Crippen MR) is 142 cm³/mol. The van der Waals surface area contributed by atoms with E-state index in [0.717, 1.165) is 6.26 Å². The van der Waals surface area contributed by atoms with Crippen molar-refractivity contribution in [2.75, 3.05) is 19.1 Å². The van der Waals surface area contributed by atoms with Crippen molar-refractivity contribution in [3.63, 3.8) is 0 Å². The van der Waals surface area contributed by atoms with Gasteiger partial charge in [-0.25, -0.2) is 36.4 Å². The van der Waals surface area contributed by atoms with Crippen LogP contribution < -0.4 is 13.3 Å². The van der Waals surface area contributed by atoms with Crippen molar-refractivity contribution in [3.05, 3.63) is 47.0 Å². The molecule has 0 saturated heterocycles. The summed E-state index contributed by atoms with van der Waals surface area (Å²) in [5, 5.41) is 8.61. The second kappa shape index (κ2) is 16.3. The number of halogens is 6. The minimum absolute atomic E-state index is 0. The Morgan fingerprint density at radius 3 is 1.81 bits per heavy atom. The molecule has 0 fully saturated rings. The summed E-state index contributed by atoms with van der Waals surface area (Å²) in [7, 11) is -7.59. The summed E-state index contributed by atoms with van der Waals surface area (Å²) in [4.78, 5) is 27.9. The van der Waals surface area contributed by atoms with Crippen LogP contribution in [-0.2, 0) is 30.6 Å². The number of carbonyl (C=O) groups is 2. The van der Waals surface area contributed by atoms with E-state index in [-0.39, 0.29) is 36.9 Å². The van der Waals surface area contributed by atoms with E-state index in [1.807, 2.05) is 0 Å². The summed E-state index contributed by atoms with van der Waals surface area (Å²) in [6, 6.07) is 1.67. The van der Waals surface area contributed by atoms with Crippen LogP contribution in [0.4, 0.5) is 13.2 Å². The number of hydrogen-bond donors (Lipinski definition) is 1. The monoisotopic (exact) mass is 909 g/mol. The van der Waals surface area contributed by atoms with E-state index >= 15 is 0 Å². The molecule has 2 aromatic heterocycles. The number of rotatable bonds is 5. The van der Waals surface area contributed by atoms with Gasteiger partial charge in [0, 0.05) is 24.9 Å². The maximum atomic E-state index is 12.3. The number of carboxylic acids is 1. The molecule has 10 nitrogen and oxygen atoms in total. The molecule has 0 radical (unpaired) electrons. The normalized spacial score (nSPS) is 11.2. The van der Waals surface area contributed by atoms with Gasteiger partial charge in [-0.2, -0.15) is 13.2 Å². The van der Waals surface area contributed by atoms with E-state index < -0.39 is 53.9 Å². The van der Waals surface area contributed by atoms with Crippen LogP contribution in [0.15, 0.2) is 34.3 Å². The van der Waals surface area contributed by atoms with Crippen LogP contribution in [0.3, 0.4) is 0 Å². The van der Waals surface area contributed by atoms with Crippen molar-refractivity contribution < 1.29 is 62.7 Å². The van der Waals surface area contributed by atoms with E-state index in [4.69, 9.17) is 9.84 Å². The molecule has 1 N–H and O–H groups in total. The zero-order chi connectivity index (χ0) is 28.5. The van der Waals surface area contributed by atoms with Gasteiger partial charge >= 0.3 is 68.6 Å². The summed E-state index contributed by atoms with van der Waals surface area (Å²) >= 11 is 5.30. The van der Waals surface area contributed by atoms with Crippen LogP contribution >= 0.6 is 37.2 Å². The Hall–Kier alpha value is -0.880. The van der Waals surface area contributed by atoms with Gasteiger partial charge in [0.15, 0.2) is 31.1 Å². The van der Waals surface area contributed by atoms with Crippen LogP contribution in [-0.4, -0.2) is 63.0 Å². The van der Waals surface area contributed by atoms with Crippen LogP contribution in [0.5, 0.6) is 0 Å². The molecule has 18 heteroatoms. The van der Waals surface area contributed by atoms with E-state index in [0.29, 0.717) is 25.1 Å². The molecule has 212 valence electrons. The molecule has 37 heavy (non-hydrogen) atoms. The van der Waals surface area contributed by atoms with Crippen molar-refractivity contribution in [1.82, 2.24) is 9.97 Å². The maximum absolute atomic E-state index is 12.3. The third kappa shape index (κ3) is 13.2. The molecule has 0 aliphatic heterocycles. The van der Waals surface area contributed by atoms with Crippen LogP contribution in [0.2, 0.25) is 0 Å². The van der Waals surface area contributed by atoms with Gasteiger partial charge in [-0.05, 0) is 31.5 Å². The fourth-order valence-corrected chi connectivity index (χ4v) is 3.94.